The first-order valence-electron chi connectivity index (χ1n) is 14.7. The predicted octanol–water partition coefficient (Wildman–Crippen LogP) is 4.98. The number of anilines is 2. The quantitative estimate of drug-likeness (QED) is 0.347. The van der Waals surface area contributed by atoms with Crippen molar-refractivity contribution in [1.29, 1.82) is 0 Å². The molecule has 2 aromatic carbocycles. The van der Waals surface area contributed by atoms with Crippen LogP contribution in [-0.4, -0.2) is 76.2 Å². The van der Waals surface area contributed by atoms with Crippen LogP contribution in [0.25, 0.3) is 10.9 Å². The van der Waals surface area contributed by atoms with Crippen LogP contribution >= 0.6 is 0 Å². The SMILES string of the molecule is CCCn1c(C#CCNc2ccc(S(C)(=O)=O)cc2OC)cc2c(N[C@H]3CC[C@H](N4CCOCC4)CC3)cccc21. The summed E-state index contributed by atoms with van der Waals surface area (Å²) in [6.07, 6.45) is 7.03. The Kier molecular flexibility index (Phi) is 9.43. The van der Waals surface area contributed by atoms with Gasteiger partial charge >= 0.3 is 0 Å². The summed E-state index contributed by atoms with van der Waals surface area (Å²) in [4.78, 5) is 2.84. The minimum absolute atomic E-state index is 0.227. The second-order valence-electron chi connectivity index (χ2n) is 11.0. The summed E-state index contributed by atoms with van der Waals surface area (Å²) in [6, 6.07) is 14.7. The molecule has 1 aliphatic carbocycles. The molecule has 3 aromatic rings. The van der Waals surface area contributed by atoms with E-state index in [-0.39, 0.29) is 4.90 Å². The first-order valence-corrected chi connectivity index (χ1v) is 16.6. The van der Waals surface area contributed by atoms with Gasteiger partial charge < -0.3 is 24.7 Å². The Morgan fingerprint density at radius 2 is 1.83 bits per heavy atom. The molecule has 1 saturated heterocycles. The van der Waals surface area contributed by atoms with E-state index in [4.69, 9.17) is 9.47 Å². The lowest BCUT2D eigenvalue weighted by Crippen LogP contribution is -2.46. The fourth-order valence-corrected chi connectivity index (χ4v) is 6.69. The van der Waals surface area contributed by atoms with Crippen LogP contribution in [0.4, 0.5) is 11.4 Å². The van der Waals surface area contributed by atoms with E-state index in [0.29, 0.717) is 30.1 Å². The smallest absolute Gasteiger partial charge is 0.175 e. The van der Waals surface area contributed by atoms with Crippen molar-refractivity contribution in [1.82, 2.24) is 9.47 Å². The highest BCUT2D eigenvalue weighted by molar-refractivity contribution is 7.90. The lowest BCUT2D eigenvalue weighted by atomic mass is 9.89. The molecule has 2 heterocycles. The summed E-state index contributed by atoms with van der Waals surface area (Å²) >= 11 is 0. The Hall–Kier alpha value is -3.19. The number of morpholine rings is 1. The summed E-state index contributed by atoms with van der Waals surface area (Å²) in [7, 11) is -1.78. The number of benzene rings is 2. The number of sulfone groups is 1. The molecule has 9 heteroatoms. The van der Waals surface area contributed by atoms with Crippen LogP contribution in [0.2, 0.25) is 0 Å². The number of aryl methyl sites for hydroxylation is 1. The van der Waals surface area contributed by atoms with Gasteiger partial charge in [0.25, 0.3) is 0 Å². The average Bonchev–Trinajstić information content (AvgIpc) is 3.34. The number of methoxy groups -OCH3 is 1. The molecule has 2 aliphatic rings. The van der Waals surface area contributed by atoms with E-state index in [1.165, 1.54) is 61.7 Å². The van der Waals surface area contributed by atoms with Gasteiger partial charge in [-0.3, -0.25) is 4.90 Å². The van der Waals surface area contributed by atoms with Gasteiger partial charge in [-0.1, -0.05) is 18.9 Å². The third kappa shape index (κ3) is 7.00. The van der Waals surface area contributed by atoms with E-state index >= 15 is 0 Å². The lowest BCUT2D eigenvalue weighted by Gasteiger charge is -2.39. The van der Waals surface area contributed by atoms with Gasteiger partial charge in [-0.2, -0.15) is 0 Å². The molecule has 0 radical (unpaired) electrons. The van der Waals surface area contributed by atoms with E-state index < -0.39 is 9.84 Å². The standard InChI is InChI=1S/C32H42N4O4S/c1-4-17-36-26(7-6-16-33-30-15-14-27(41(3,37)38)23-32(30)39-2)22-28-29(8-5-9-31(28)36)34-24-10-12-25(13-11-24)35-18-20-40-21-19-35/h5,8-9,14-15,22-25,33-34H,4,10-13,16-21H2,1-3H3/t24-,25-. The van der Waals surface area contributed by atoms with E-state index in [1.54, 1.807) is 12.1 Å². The summed E-state index contributed by atoms with van der Waals surface area (Å²) < 4.78 is 37.0. The second kappa shape index (κ2) is 13.2. The summed E-state index contributed by atoms with van der Waals surface area (Å²) in [5.41, 5.74) is 4.09. The van der Waals surface area contributed by atoms with Gasteiger partial charge in [0.2, 0.25) is 0 Å². The van der Waals surface area contributed by atoms with Crippen LogP contribution in [0.5, 0.6) is 5.75 Å². The first-order chi connectivity index (χ1) is 19.9. The minimum Gasteiger partial charge on any atom is -0.495 e. The van der Waals surface area contributed by atoms with E-state index in [1.807, 2.05) is 0 Å². The van der Waals surface area contributed by atoms with Gasteiger partial charge in [0.15, 0.2) is 9.84 Å². The third-order valence-electron chi connectivity index (χ3n) is 8.20. The third-order valence-corrected chi connectivity index (χ3v) is 9.31. The van der Waals surface area contributed by atoms with E-state index in [0.717, 1.165) is 45.0 Å². The van der Waals surface area contributed by atoms with Crippen LogP contribution in [0.1, 0.15) is 44.7 Å². The lowest BCUT2D eigenvalue weighted by molar-refractivity contribution is 0.00791. The van der Waals surface area contributed by atoms with Gasteiger partial charge in [0.05, 0.1) is 48.7 Å². The summed E-state index contributed by atoms with van der Waals surface area (Å²) in [5.74, 6) is 7.10. The minimum atomic E-state index is -3.31. The molecule has 0 amide bonds. The highest BCUT2D eigenvalue weighted by atomic mass is 32.2. The van der Waals surface area contributed by atoms with Gasteiger partial charge in [-0.25, -0.2) is 8.42 Å². The molecule has 8 nitrogen and oxygen atoms in total. The van der Waals surface area contributed by atoms with Gasteiger partial charge in [-0.15, -0.1) is 0 Å². The highest BCUT2D eigenvalue weighted by Crippen LogP contribution is 2.32. The molecule has 220 valence electrons. The average molecular weight is 579 g/mol. The largest absolute Gasteiger partial charge is 0.495 e. The second-order valence-corrected chi connectivity index (χ2v) is 13.0. The molecule has 5 rings (SSSR count). The number of aromatic nitrogens is 1. The van der Waals surface area contributed by atoms with Crippen LogP contribution in [0, 0.1) is 11.8 Å². The Labute approximate surface area is 244 Å². The van der Waals surface area contributed by atoms with Crippen molar-refractivity contribution in [3.05, 3.63) is 48.2 Å². The maximum Gasteiger partial charge on any atom is 0.175 e. The Morgan fingerprint density at radius 3 is 2.54 bits per heavy atom. The van der Waals surface area contributed by atoms with Gasteiger partial charge in [0.1, 0.15) is 5.75 Å². The van der Waals surface area contributed by atoms with Crippen molar-refractivity contribution in [3.63, 3.8) is 0 Å². The zero-order valence-corrected chi connectivity index (χ0v) is 25.2. The highest BCUT2D eigenvalue weighted by Gasteiger charge is 2.27. The monoisotopic (exact) mass is 578 g/mol. The number of nitrogens with one attached hydrogen (secondary N) is 2. The number of hydrogen-bond donors (Lipinski definition) is 2. The van der Waals surface area contributed by atoms with Crippen molar-refractivity contribution in [2.45, 2.75) is 62.6 Å². The maximum absolute atomic E-state index is 11.9. The fraction of sp³-hybridized carbons (Fsp3) is 0.500. The van der Waals surface area contributed by atoms with Crippen LogP contribution < -0.4 is 15.4 Å². The van der Waals surface area contributed by atoms with Crippen molar-refractivity contribution in [2.75, 3.05) is 56.8 Å². The number of fused-ring (bicyclic) bond motifs is 1. The Bertz CT molecular complexity index is 1510. The van der Waals surface area contributed by atoms with E-state index in [2.05, 4.69) is 63.1 Å². The molecule has 0 spiro atoms. The van der Waals surface area contributed by atoms with Crippen molar-refractivity contribution in [2.24, 2.45) is 0 Å². The van der Waals surface area contributed by atoms with Crippen molar-refractivity contribution in [3.8, 4) is 17.6 Å². The van der Waals surface area contributed by atoms with E-state index in [9.17, 15) is 8.42 Å². The van der Waals surface area contributed by atoms with Crippen LogP contribution in [-0.2, 0) is 21.1 Å². The topological polar surface area (TPSA) is 84.8 Å². The van der Waals surface area contributed by atoms with Crippen molar-refractivity contribution < 1.29 is 17.9 Å². The Morgan fingerprint density at radius 1 is 1.05 bits per heavy atom. The molecule has 2 N–H and O–H groups in total. The van der Waals surface area contributed by atoms with Crippen molar-refractivity contribution >= 4 is 32.1 Å². The van der Waals surface area contributed by atoms with Crippen LogP contribution in [0.3, 0.4) is 0 Å². The van der Waals surface area contributed by atoms with Gasteiger partial charge in [0, 0.05) is 55.1 Å². The molecular weight excluding hydrogens is 536 g/mol. The number of hydrogen-bond acceptors (Lipinski definition) is 7. The first kappa shape index (κ1) is 29.3. The number of nitrogens with zero attached hydrogens (tertiary/aromatic N) is 2. The van der Waals surface area contributed by atoms with Gasteiger partial charge in [-0.05, 0) is 68.4 Å². The molecule has 2 fully saturated rings. The molecule has 0 bridgehead atoms. The zero-order valence-electron chi connectivity index (χ0n) is 24.4. The summed E-state index contributed by atoms with van der Waals surface area (Å²) in [5, 5.41) is 8.35. The Balaban J connectivity index is 1.28. The molecule has 1 aliphatic heterocycles. The normalized spacial score (nSPS) is 19.9. The predicted molar refractivity (Wildman–Crippen MR) is 166 cm³/mol. The number of rotatable bonds is 9. The molecule has 41 heavy (non-hydrogen) atoms. The molecular formula is C32H42N4O4S. The fourth-order valence-electron chi connectivity index (χ4n) is 6.05. The maximum atomic E-state index is 11.9. The molecule has 0 atom stereocenters. The number of ether oxygens (including phenoxy) is 2. The molecule has 1 saturated carbocycles. The molecule has 1 aromatic heterocycles. The zero-order chi connectivity index (χ0) is 28.8. The summed E-state index contributed by atoms with van der Waals surface area (Å²) in [6.45, 7) is 7.35. The molecule has 0 unspecified atom stereocenters. The van der Waals surface area contributed by atoms with Crippen LogP contribution in [0.15, 0.2) is 47.4 Å².